The van der Waals surface area contributed by atoms with E-state index in [9.17, 15) is 4.57 Å². The van der Waals surface area contributed by atoms with Gasteiger partial charge in [0.05, 0.1) is 11.6 Å². The number of nitriles is 1. The van der Waals surface area contributed by atoms with Gasteiger partial charge in [-0.05, 0) is 31.5 Å². The number of hydrogen-bond acceptors (Lipinski definition) is 3. The maximum Gasteiger partial charge on any atom is 0.111 e. The Hall–Kier alpha value is -1.26. The summed E-state index contributed by atoms with van der Waals surface area (Å²) < 4.78 is 11.7. The summed E-state index contributed by atoms with van der Waals surface area (Å²) in [6, 6.07) is 6.87. The van der Waals surface area contributed by atoms with Crippen molar-refractivity contribution in [3.63, 3.8) is 0 Å². The molecule has 3 nitrogen and oxygen atoms in total. The van der Waals surface area contributed by atoms with Crippen LogP contribution in [0.25, 0.3) is 0 Å². The predicted molar refractivity (Wildman–Crippen MR) is 54.7 cm³/mol. The molecule has 1 aromatic rings. The first-order valence-electron chi connectivity index (χ1n) is 3.80. The van der Waals surface area contributed by atoms with Crippen molar-refractivity contribution in [1.82, 2.24) is 0 Å². The number of benzene rings is 1. The number of rotatable bonds is 1. The first-order valence-corrected chi connectivity index (χ1v) is 6.40. The largest absolute Gasteiger partial charge is 0.399 e. The minimum absolute atomic E-state index is 0.410. The van der Waals surface area contributed by atoms with Gasteiger partial charge in [0.2, 0.25) is 0 Å². The molecule has 2 N–H and O–H groups in total. The van der Waals surface area contributed by atoms with Gasteiger partial charge in [0, 0.05) is 11.0 Å². The van der Waals surface area contributed by atoms with Gasteiger partial charge in [0.15, 0.2) is 0 Å². The Kier molecular flexibility index (Phi) is 2.45. The molecule has 0 spiro atoms. The maximum atomic E-state index is 11.7. The zero-order valence-corrected chi connectivity index (χ0v) is 8.51. The molecule has 0 unspecified atom stereocenters. The van der Waals surface area contributed by atoms with Crippen molar-refractivity contribution in [2.75, 3.05) is 19.1 Å². The van der Waals surface area contributed by atoms with Crippen LogP contribution in [0.2, 0.25) is 0 Å². The molecule has 0 aliphatic heterocycles. The molecular formula is C9H11N2OP. The molecule has 0 radical (unpaired) electrons. The highest BCUT2D eigenvalue weighted by Crippen LogP contribution is 2.36. The minimum Gasteiger partial charge on any atom is -0.399 e. The van der Waals surface area contributed by atoms with E-state index in [4.69, 9.17) is 11.0 Å². The summed E-state index contributed by atoms with van der Waals surface area (Å²) in [6.45, 7) is 3.28. The monoisotopic (exact) mass is 194 g/mol. The average Bonchev–Trinajstić information content (AvgIpc) is 2.01. The lowest BCUT2D eigenvalue weighted by Crippen LogP contribution is -2.08. The Labute approximate surface area is 77.5 Å². The number of nitrogen functional groups attached to an aromatic ring is 1. The average molecular weight is 194 g/mol. The summed E-state index contributed by atoms with van der Waals surface area (Å²) in [4.78, 5) is 0. The highest BCUT2D eigenvalue weighted by atomic mass is 31.2. The van der Waals surface area contributed by atoms with Crippen molar-refractivity contribution >= 4 is 18.1 Å². The molecule has 0 aliphatic rings. The Morgan fingerprint density at radius 1 is 1.46 bits per heavy atom. The highest BCUT2D eigenvalue weighted by molar-refractivity contribution is 7.70. The van der Waals surface area contributed by atoms with Gasteiger partial charge in [-0.25, -0.2) is 0 Å². The van der Waals surface area contributed by atoms with Crippen LogP contribution in [-0.2, 0) is 4.57 Å². The first-order chi connectivity index (χ1) is 5.95. The topological polar surface area (TPSA) is 66.9 Å². The van der Waals surface area contributed by atoms with Crippen LogP contribution in [0.4, 0.5) is 5.69 Å². The Bertz CT molecular complexity index is 414. The number of nitrogens with two attached hydrogens (primary N) is 1. The second-order valence-corrected chi connectivity index (χ2v) is 6.42. The van der Waals surface area contributed by atoms with Crippen LogP contribution in [0.5, 0.6) is 0 Å². The lowest BCUT2D eigenvalue weighted by atomic mass is 10.2. The first kappa shape index (κ1) is 9.83. The number of anilines is 1. The van der Waals surface area contributed by atoms with E-state index in [1.807, 2.05) is 6.07 Å². The third-order valence-corrected chi connectivity index (χ3v) is 3.27. The third kappa shape index (κ3) is 2.11. The summed E-state index contributed by atoms with van der Waals surface area (Å²) in [5.74, 6) is 0. The van der Waals surface area contributed by atoms with Crippen molar-refractivity contribution in [1.29, 1.82) is 5.26 Å². The van der Waals surface area contributed by atoms with Gasteiger partial charge >= 0.3 is 0 Å². The zero-order chi connectivity index (χ0) is 10.1. The van der Waals surface area contributed by atoms with E-state index in [0.29, 0.717) is 16.6 Å². The quantitative estimate of drug-likeness (QED) is 0.542. The van der Waals surface area contributed by atoms with Gasteiger partial charge in [0.25, 0.3) is 0 Å². The molecule has 0 aromatic heterocycles. The standard InChI is InChI=1S/C9H11N2OP/c1-13(2,12)9-4-3-8(11)5-7(9)6-10/h3-5H,11H2,1-2H3. The van der Waals surface area contributed by atoms with Gasteiger partial charge in [0.1, 0.15) is 7.14 Å². The summed E-state index contributed by atoms with van der Waals surface area (Å²) in [5.41, 5.74) is 6.44. The molecule has 4 heteroatoms. The molecule has 1 aromatic carbocycles. The summed E-state index contributed by atoms with van der Waals surface area (Å²) in [5, 5.41) is 9.38. The fourth-order valence-electron chi connectivity index (χ4n) is 1.11. The van der Waals surface area contributed by atoms with Gasteiger partial charge in [-0.1, -0.05) is 0 Å². The van der Waals surface area contributed by atoms with E-state index in [2.05, 4.69) is 0 Å². The predicted octanol–water partition coefficient (Wildman–Crippen LogP) is 1.39. The highest BCUT2D eigenvalue weighted by Gasteiger charge is 2.15. The number of hydrogen-bond donors (Lipinski definition) is 1. The van der Waals surface area contributed by atoms with E-state index in [0.717, 1.165) is 0 Å². The molecule has 0 saturated carbocycles. The van der Waals surface area contributed by atoms with Crippen molar-refractivity contribution in [2.45, 2.75) is 0 Å². The molecule has 0 fully saturated rings. The smallest absolute Gasteiger partial charge is 0.111 e. The van der Waals surface area contributed by atoms with Crippen LogP contribution < -0.4 is 11.0 Å². The molecule has 0 aliphatic carbocycles. The Balaban J connectivity index is 3.41. The van der Waals surface area contributed by atoms with Gasteiger partial charge in [-0.15, -0.1) is 0 Å². The molecular weight excluding hydrogens is 183 g/mol. The second-order valence-electron chi connectivity index (χ2n) is 3.24. The number of nitrogens with zero attached hydrogens (tertiary/aromatic N) is 1. The molecule has 0 saturated heterocycles. The van der Waals surface area contributed by atoms with E-state index in [1.165, 1.54) is 0 Å². The maximum absolute atomic E-state index is 11.7. The van der Waals surface area contributed by atoms with Crippen LogP contribution in [-0.4, -0.2) is 13.3 Å². The Morgan fingerprint density at radius 3 is 2.54 bits per heavy atom. The second kappa shape index (κ2) is 3.24. The van der Waals surface area contributed by atoms with Crippen LogP contribution >= 0.6 is 7.14 Å². The van der Waals surface area contributed by atoms with Crippen LogP contribution in [0, 0.1) is 11.3 Å². The van der Waals surface area contributed by atoms with Crippen LogP contribution in [0.3, 0.4) is 0 Å². The zero-order valence-electron chi connectivity index (χ0n) is 7.61. The lowest BCUT2D eigenvalue weighted by molar-refractivity contribution is 0.588. The molecule has 0 atom stereocenters. The van der Waals surface area contributed by atoms with Crippen molar-refractivity contribution in [3.8, 4) is 6.07 Å². The summed E-state index contributed by atoms with van der Waals surface area (Å²) >= 11 is 0. The molecule has 13 heavy (non-hydrogen) atoms. The van der Waals surface area contributed by atoms with Crippen molar-refractivity contribution < 1.29 is 4.57 Å². The SMILES string of the molecule is CP(C)(=O)c1ccc(N)cc1C#N. The van der Waals surface area contributed by atoms with Crippen LogP contribution in [0.15, 0.2) is 18.2 Å². The van der Waals surface area contributed by atoms with Crippen molar-refractivity contribution in [3.05, 3.63) is 23.8 Å². The molecule has 0 heterocycles. The van der Waals surface area contributed by atoms with Gasteiger partial charge in [-0.2, -0.15) is 5.26 Å². The fourth-order valence-corrected chi connectivity index (χ4v) is 2.24. The van der Waals surface area contributed by atoms with Crippen LogP contribution in [0.1, 0.15) is 5.56 Å². The van der Waals surface area contributed by atoms with E-state index in [1.54, 1.807) is 31.5 Å². The third-order valence-electron chi connectivity index (χ3n) is 1.72. The fraction of sp³-hybridized carbons (Fsp3) is 0.222. The molecule has 68 valence electrons. The van der Waals surface area contributed by atoms with E-state index < -0.39 is 7.14 Å². The van der Waals surface area contributed by atoms with Gasteiger partial charge in [-0.3, -0.25) is 0 Å². The molecule has 0 bridgehead atoms. The Morgan fingerprint density at radius 2 is 2.08 bits per heavy atom. The molecule has 1 rings (SSSR count). The normalized spacial score (nSPS) is 10.8. The molecule has 0 amide bonds. The lowest BCUT2D eigenvalue weighted by Gasteiger charge is -2.08. The minimum atomic E-state index is -2.37. The van der Waals surface area contributed by atoms with Crippen molar-refractivity contribution in [2.24, 2.45) is 0 Å². The van der Waals surface area contributed by atoms with E-state index in [-0.39, 0.29) is 0 Å². The summed E-state index contributed by atoms with van der Waals surface area (Å²) in [7, 11) is -2.37. The van der Waals surface area contributed by atoms with E-state index >= 15 is 0 Å². The van der Waals surface area contributed by atoms with Gasteiger partial charge < -0.3 is 10.3 Å². The summed E-state index contributed by atoms with van der Waals surface area (Å²) in [6.07, 6.45) is 0.